The van der Waals surface area contributed by atoms with Crippen LogP contribution >= 0.6 is 11.3 Å². The van der Waals surface area contributed by atoms with Gasteiger partial charge in [0.2, 0.25) is 5.91 Å². The van der Waals surface area contributed by atoms with E-state index in [4.69, 9.17) is 4.74 Å². The number of amides is 1. The topological polar surface area (TPSA) is 68.3 Å². The van der Waals surface area contributed by atoms with Crippen molar-refractivity contribution in [3.63, 3.8) is 0 Å². The number of anilines is 1. The van der Waals surface area contributed by atoms with Crippen LogP contribution in [0.1, 0.15) is 35.6 Å². The minimum atomic E-state index is -0.382. The molecule has 1 saturated carbocycles. The van der Waals surface area contributed by atoms with E-state index in [9.17, 15) is 9.59 Å². The van der Waals surface area contributed by atoms with Gasteiger partial charge in [-0.25, -0.2) is 9.78 Å². The highest BCUT2D eigenvalue weighted by molar-refractivity contribution is 7.17. The monoisotopic (exact) mass is 268 g/mol. The van der Waals surface area contributed by atoms with Crippen LogP contribution in [0, 0.1) is 18.8 Å². The minimum absolute atomic E-state index is 0.00772. The van der Waals surface area contributed by atoms with Crippen LogP contribution in [-0.4, -0.2) is 23.5 Å². The molecule has 0 bridgehead atoms. The van der Waals surface area contributed by atoms with E-state index < -0.39 is 0 Å². The smallest absolute Gasteiger partial charge is 0.350 e. The van der Waals surface area contributed by atoms with Gasteiger partial charge >= 0.3 is 5.97 Å². The molecule has 2 atom stereocenters. The fraction of sp³-hybridized carbons (Fsp3) is 0.583. The molecule has 0 saturated heterocycles. The third-order valence-corrected chi connectivity index (χ3v) is 3.99. The minimum Gasteiger partial charge on any atom is -0.462 e. The number of thiazole rings is 1. The van der Waals surface area contributed by atoms with Crippen molar-refractivity contribution in [3.05, 3.63) is 10.6 Å². The molecule has 1 amide bonds. The summed E-state index contributed by atoms with van der Waals surface area (Å²) in [4.78, 5) is 28.0. The Labute approximate surface area is 110 Å². The number of ether oxygens (including phenoxy) is 1. The second-order valence-corrected chi connectivity index (χ2v) is 5.46. The standard InChI is InChI=1S/C12H16N2O3S/c1-4-17-11(16)9-7(3)13-12(18-9)14-10(15)8-5-6(8)2/h6,8H,4-5H2,1-3H3,(H,13,14,15)/t6-,8+/m1/s1. The van der Waals surface area contributed by atoms with Crippen molar-refractivity contribution >= 4 is 28.3 Å². The number of rotatable bonds is 4. The van der Waals surface area contributed by atoms with Gasteiger partial charge in [0, 0.05) is 5.92 Å². The normalized spacial score (nSPS) is 21.5. The lowest BCUT2D eigenvalue weighted by molar-refractivity contribution is -0.117. The Morgan fingerprint density at radius 3 is 2.78 bits per heavy atom. The Morgan fingerprint density at radius 2 is 2.22 bits per heavy atom. The molecule has 98 valence electrons. The first-order chi connectivity index (χ1) is 8.52. The number of esters is 1. The first-order valence-electron chi connectivity index (χ1n) is 5.98. The molecule has 1 heterocycles. The van der Waals surface area contributed by atoms with Gasteiger partial charge < -0.3 is 10.1 Å². The summed E-state index contributed by atoms with van der Waals surface area (Å²) >= 11 is 1.16. The first kappa shape index (κ1) is 13.0. The molecule has 18 heavy (non-hydrogen) atoms. The summed E-state index contributed by atoms with van der Waals surface area (Å²) in [7, 11) is 0. The maximum Gasteiger partial charge on any atom is 0.350 e. The fourth-order valence-corrected chi connectivity index (χ4v) is 2.58. The van der Waals surface area contributed by atoms with E-state index in [-0.39, 0.29) is 17.8 Å². The molecule has 0 unspecified atom stereocenters. The van der Waals surface area contributed by atoms with Crippen LogP contribution in [0.5, 0.6) is 0 Å². The summed E-state index contributed by atoms with van der Waals surface area (Å²) in [6.07, 6.45) is 0.931. The predicted molar refractivity (Wildman–Crippen MR) is 68.7 cm³/mol. The largest absolute Gasteiger partial charge is 0.462 e. The Morgan fingerprint density at radius 1 is 1.56 bits per heavy atom. The molecule has 6 heteroatoms. The lowest BCUT2D eigenvalue weighted by atomic mass is 10.3. The van der Waals surface area contributed by atoms with Gasteiger partial charge in [-0.05, 0) is 26.2 Å². The second-order valence-electron chi connectivity index (χ2n) is 4.46. The van der Waals surface area contributed by atoms with E-state index in [2.05, 4.69) is 10.3 Å². The lowest BCUT2D eigenvalue weighted by Crippen LogP contribution is -2.14. The maximum absolute atomic E-state index is 11.7. The van der Waals surface area contributed by atoms with Crippen LogP contribution in [0.25, 0.3) is 0 Å². The summed E-state index contributed by atoms with van der Waals surface area (Å²) in [5.41, 5.74) is 0.595. The Hall–Kier alpha value is -1.43. The molecular weight excluding hydrogens is 252 g/mol. The molecule has 0 spiro atoms. The third-order valence-electron chi connectivity index (χ3n) is 2.93. The van der Waals surface area contributed by atoms with Gasteiger partial charge in [-0.1, -0.05) is 18.3 Å². The van der Waals surface area contributed by atoms with Crippen LogP contribution in [0.2, 0.25) is 0 Å². The zero-order valence-electron chi connectivity index (χ0n) is 10.6. The van der Waals surface area contributed by atoms with Crippen molar-refractivity contribution in [2.45, 2.75) is 27.2 Å². The Balaban J connectivity index is 2.04. The van der Waals surface area contributed by atoms with Gasteiger partial charge in [0.15, 0.2) is 5.13 Å². The van der Waals surface area contributed by atoms with Crippen LogP contribution < -0.4 is 5.32 Å². The first-order valence-corrected chi connectivity index (χ1v) is 6.80. The molecule has 0 aliphatic heterocycles. The van der Waals surface area contributed by atoms with E-state index in [0.717, 1.165) is 17.8 Å². The average molecular weight is 268 g/mol. The van der Waals surface area contributed by atoms with Gasteiger partial charge in [0.25, 0.3) is 0 Å². The quantitative estimate of drug-likeness (QED) is 0.850. The summed E-state index contributed by atoms with van der Waals surface area (Å²) in [6, 6.07) is 0. The molecule has 0 aromatic carbocycles. The molecule has 1 aliphatic rings. The molecule has 1 aromatic rings. The molecule has 0 radical (unpaired) electrons. The van der Waals surface area contributed by atoms with Gasteiger partial charge in [0.05, 0.1) is 12.3 Å². The van der Waals surface area contributed by atoms with E-state index in [1.54, 1.807) is 13.8 Å². The molecule has 1 N–H and O–H groups in total. The molecular formula is C12H16N2O3S. The highest BCUT2D eigenvalue weighted by Gasteiger charge is 2.39. The van der Waals surface area contributed by atoms with E-state index in [0.29, 0.717) is 28.2 Å². The number of carbonyl (C=O) groups is 2. The predicted octanol–water partition coefficient (Wildman–Crippen LogP) is 2.22. The van der Waals surface area contributed by atoms with E-state index in [1.165, 1.54) is 0 Å². The molecule has 1 aromatic heterocycles. The number of hydrogen-bond donors (Lipinski definition) is 1. The Bertz CT molecular complexity index is 484. The number of carbonyl (C=O) groups excluding carboxylic acids is 2. The van der Waals surface area contributed by atoms with E-state index in [1.807, 2.05) is 6.92 Å². The molecule has 5 nitrogen and oxygen atoms in total. The van der Waals surface area contributed by atoms with Crippen LogP contribution in [0.15, 0.2) is 0 Å². The second kappa shape index (κ2) is 5.06. The number of aryl methyl sites for hydroxylation is 1. The summed E-state index contributed by atoms with van der Waals surface area (Å²) in [5, 5.41) is 3.23. The molecule has 1 fully saturated rings. The van der Waals surface area contributed by atoms with Crippen molar-refractivity contribution in [3.8, 4) is 0 Å². The van der Waals surface area contributed by atoms with Gasteiger partial charge in [-0.2, -0.15) is 0 Å². The van der Waals surface area contributed by atoms with Crippen molar-refractivity contribution in [2.75, 3.05) is 11.9 Å². The summed E-state index contributed by atoms with van der Waals surface area (Å²) in [6.45, 7) is 5.86. The van der Waals surface area contributed by atoms with Crippen LogP contribution in [-0.2, 0) is 9.53 Å². The van der Waals surface area contributed by atoms with Crippen molar-refractivity contribution < 1.29 is 14.3 Å². The average Bonchev–Trinajstić information content (AvgIpc) is 2.92. The maximum atomic E-state index is 11.7. The lowest BCUT2D eigenvalue weighted by Gasteiger charge is -1.98. The van der Waals surface area contributed by atoms with Gasteiger partial charge in [-0.3, -0.25) is 4.79 Å². The fourth-order valence-electron chi connectivity index (χ4n) is 1.72. The van der Waals surface area contributed by atoms with Crippen molar-refractivity contribution in [2.24, 2.45) is 11.8 Å². The Kier molecular flexibility index (Phi) is 3.65. The number of hydrogen-bond acceptors (Lipinski definition) is 5. The zero-order valence-corrected chi connectivity index (χ0v) is 11.5. The number of aromatic nitrogens is 1. The number of nitrogens with one attached hydrogen (secondary N) is 1. The van der Waals surface area contributed by atoms with Gasteiger partial charge in [-0.15, -0.1) is 0 Å². The molecule has 1 aliphatic carbocycles. The van der Waals surface area contributed by atoms with E-state index >= 15 is 0 Å². The zero-order chi connectivity index (χ0) is 13.3. The van der Waals surface area contributed by atoms with Crippen molar-refractivity contribution in [1.82, 2.24) is 4.98 Å². The number of nitrogens with zero attached hydrogens (tertiary/aromatic N) is 1. The van der Waals surface area contributed by atoms with Gasteiger partial charge in [0.1, 0.15) is 4.88 Å². The molecule has 2 rings (SSSR count). The van der Waals surface area contributed by atoms with Crippen LogP contribution in [0.4, 0.5) is 5.13 Å². The van der Waals surface area contributed by atoms with Crippen LogP contribution in [0.3, 0.4) is 0 Å². The summed E-state index contributed by atoms with van der Waals surface area (Å²) < 4.78 is 4.92. The summed E-state index contributed by atoms with van der Waals surface area (Å²) in [5.74, 6) is 0.162. The van der Waals surface area contributed by atoms with Crippen molar-refractivity contribution in [1.29, 1.82) is 0 Å². The third kappa shape index (κ3) is 2.69. The highest BCUT2D eigenvalue weighted by Crippen LogP contribution is 2.38. The highest BCUT2D eigenvalue weighted by atomic mass is 32.1. The SMILES string of the molecule is CCOC(=O)c1sc(NC(=O)[C@H]2C[C@H]2C)nc1C.